The number of rotatable bonds is 6. The highest BCUT2D eigenvalue weighted by Crippen LogP contribution is 2.34. The fourth-order valence-corrected chi connectivity index (χ4v) is 3.10. The van der Waals surface area contributed by atoms with Crippen molar-refractivity contribution < 1.29 is 19.1 Å². The van der Waals surface area contributed by atoms with Gasteiger partial charge < -0.3 is 9.47 Å². The molecule has 1 saturated heterocycles. The third-order valence-electron chi connectivity index (χ3n) is 4.36. The SMILES string of the molecule is CC(=S)CC[C@H]1C(=O)O[C@H](c2ccccc2)N1C(=O)OCc1ccccc1. The largest absolute Gasteiger partial charge is 0.444 e. The predicted molar refractivity (Wildman–Crippen MR) is 105 cm³/mol. The lowest BCUT2D eigenvalue weighted by Gasteiger charge is -2.25. The lowest BCUT2D eigenvalue weighted by molar-refractivity contribution is -0.143. The van der Waals surface area contributed by atoms with E-state index in [0.29, 0.717) is 12.8 Å². The molecule has 1 aliphatic heterocycles. The summed E-state index contributed by atoms with van der Waals surface area (Å²) in [6.07, 6.45) is -0.403. The number of hydrogen-bond acceptors (Lipinski definition) is 5. The van der Waals surface area contributed by atoms with Crippen LogP contribution in [0.3, 0.4) is 0 Å². The van der Waals surface area contributed by atoms with Crippen molar-refractivity contribution in [2.45, 2.75) is 38.6 Å². The maximum Gasteiger partial charge on any atom is 0.414 e. The van der Waals surface area contributed by atoms with E-state index in [2.05, 4.69) is 0 Å². The van der Waals surface area contributed by atoms with Crippen molar-refractivity contribution in [1.29, 1.82) is 0 Å². The van der Waals surface area contributed by atoms with Gasteiger partial charge in [-0.3, -0.25) is 4.90 Å². The van der Waals surface area contributed by atoms with Crippen LogP contribution in [0.4, 0.5) is 4.79 Å². The van der Waals surface area contributed by atoms with Crippen LogP contribution < -0.4 is 0 Å². The van der Waals surface area contributed by atoms with Crippen LogP contribution in [-0.2, 0) is 20.9 Å². The zero-order valence-electron chi connectivity index (χ0n) is 15.0. The maximum absolute atomic E-state index is 12.8. The summed E-state index contributed by atoms with van der Waals surface area (Å²) in [7, 11) is 0. The maximum atomic E-state index is 12.8. The highest BCUT2D eigenvalue weighted by molar-refractivity contribution is 7.80. The molecule has 2 aromatic rings. The Morgan fingerprint density at radius 3 is 2.37 bits per heavy atom. The Morgan fingerprint density at radius 2 is 1.74 bits per heavy atom. The van der Waals surface area contributed by atoms with Crippen LogP contribution in [0.15, 0.2) is 60.7 Å². The standard InChI is InChI=1S/C21H21NO4S/c1-15(27)12-13-18-20(23)26-19(17-10-6-3-7-11-17)22(18)21(24)25-14-16-8-4-2-5-9-16/h2-11,18-19H,12-14H2,1H3/t18-,19+/m0/s1. The molecule has 3 rings (SSSR count). The molecule has 6 heteroatoms. The van der Waals surface area contributed by atoms with Crippen molar-refractivity contribution in [3.63, 3.8) is 0 Å². The lowest BCUT2D eigenvalue weighted by Crippen LogP contribution is -2.40. The first kappa shape index (κ1) is 19.0. The van der Waals surface area contributed by atoms with Gasteiger partial charge in [0.05, 0.1) is 0 Å². The van der Waals surface area contributed by atoms with Crippen LogP contribution in [0.1, 0.15) is 37.1 Å². The summed E-state index contributed by atoms with van der Waals surface area (Å²) in [6.45, 7) is 1.95. The third kappa shape index (κ3) is 4.71. The van der Waals surface area contributed by atoms with E-state index in [1.807, 2.05) is 67.6 Å². The molecule has 1 heterocycles. The van der Waals surface area contributed by atoms with Gasteiger partial charge in [-0.2, -0.15) is 0 Å². The summed E-state index contributed by atoms with van der Waals surface area (Å²) in [5.74, 6) is -0.434. The number of ether oxygens (including phenoxy) is 2. The smallest absolute Gasteiger partial charge is 0.414 e. The molecule has 1 amide bonds. The summed E-state index contributed by atoms with van der Waals surface area (Å²) in [6, 6.07) is 17.9. The minimum Gasteiger partial charge on any atom is -0.444 e. The Morgan fingerprint density at radius 1 is 1.11 bits per heavy atom. The minimum atomic E-state index is -0.794. The van der Waals surface area contributed by atoms with Crippen LogP contribution >= 0.6 is 12.2 Å². The van der Waals surface area contributed by atoms with Gasteiger partial charge in [-0.15, -0.1) is 0 Å². The van der Waals surface area contributed by atoms with Crippen LogP contribution in [0, 0.1) is 0 Å². The fraction of sp³-hybridized carbons (Fsp3) is 0.286. The van der Waals surface area contributed by atoms with Gasteiger partial charge >= 0.3 is 12.1 Å². The molecule has 140 valence electrons. The van der Waals surface area contributed by atoms with Gasteiger partial charge in [0.2, 0.25) is 6.23 Å². The second-order valence-electron chi connectivity index (χ2n) is 6.40. The molecule has 0 aliphatic carbocycles. The third-order valence-corrected chi connectivity index (χ3v) is 4.56. The van der Waals surface area contributed by atoms with Gasteiger partial charge in [0, 0.05) is 5.56 Å². The number of cyclic esters (lactones) is 1. The van der Waals surface area contributed by atoms with E-state index in [4.69, 9.17) is 21.7 Å². The lowest BCUT2D eigenvalue weighted by atomic mass is 10.1. The first-order chi connectivity index (χ1) is 13.1. The van der Waals surface area contributed by atoms with Crippen LogP contribution in [0.2, 0.25) is 0 Å². The normalized spacial score (nSPS) is 18.9. The Labute approximate surface area is 163 Å². The monoisotopic (exact) mass is 383 g/mol. The fourth-order valence-electron chi connectivity index (χ4n) is 2.98. The van der Waals surface area contributed by atoms with Crippen molar-refractivity contribution in [3.05, 3.63) is 71.8 Å². The second-order valence-corrected chi connectivity index (χ2v) is 7.10. The van der Waals surface area contributed by atoms with E-state index >= 15 is 0 Å². The van der Waals surface area contributed by atoms with E-state index in [1.165, 1.54) is 4.90 Å². The van der Waals surface area contributed by atoms with Gasteiger partial charge in [-0.1, -0.05) is 72.9 Å². The van der Waals surface area contributed by atoms with Gasteiger partial charge in [0.15, 0.2) is 0 Å². The quantitative estimate of drug-likeness (QED) is 0.546. The minimum absolute atomic E-state index is 0.130. The second kappa shape index (κ2) is 8.77. The molecule has 1 fully saturated rings. The molecule has 0 N–H and O–H groups in total. The van der Waals surface area contributed by atoms with E-state index in [9.17, 15) is 9.59 Å². The number of nitrogens with zero attached hydrogens (tertiary/aromatic N) is 1. The number of thiocarbonyl (C=S) groups is 1. The summed E-state index contributed by atoms with van der Waals surface area (Å²) in [5.41, 5.74) is 1.60. The molecule has 0 saturated carbocycles. The average molecular weight is 383 g/mol. The molecule has 0 radical (unpaired) electrons. The van der Waals surface area contributed by atoms with Crippen molar-refractivity contribution in [2.75, 3.05) is 0 Å². The molecule has 2 aromatic carbocycles. The van der Waals surface area contributed by atoms with Gasteiger partial charge in [0.25, 0.3) is 0 Å². The molecule has 0 unspecified atom stereocenters. The Balaban J connectivity index is 1.80. The number of hydrogen-bond donors (Lipinski definition) is 0. The van der Waals surface area contributed by atoms with E-state index in [0.717, 1.165) is 16.0 Å². The van der Waals surface area contributed by atoms with Crippen molar-refractivity contribution in [1.82, 2.24) is 4.90 Å². The highest BCUT2D eigenvalue weighted by Gasteiger charge is 2.46. The summed E-state index contributed by atoms with van der Waals surface area (Å²) >= 11 is 5.12. The van der Waals surface area contributed by atoms with Crippen molar-refractivity contribution >= 4 is 29.1 Å². The van der Waals surface area contributed by atoms with E-state index < -0.39 is 24.3 Å². The van der Waals surface area contributed by atoms with E-state index in [1.54, 1.807) is 0 Å². The number of amides is 1. The topological polar surface area (TPSA) is 55.8 Å². The number of esters is 1. The van der Waals surface area contributed by atoms with Gasteiger partial charge in [-0.25, -0.2) is 9.59 Å². The Bertz CT molecular complexity index is 809. The molecule has 0 bridgehead atoms. The molecular formula is C21H21NO4S. The molecular weight excluding hydrogens is 362 g/mol. The molecule has 0 spiro atoms. The van der Waals surface area contributed by atoms with Crippen molar-refractivity contribution in [3.8, 4) is 0 Å². The number of carbonyl (C=O) groups is 2. The average Bonchev–Trinajstić information content (AvgIpc) is 3.02. The molecule has 5 nitrogen and oxygen atoms in total. The predicted octanol–water partition coefficient (Wildman–Crippen LogP) is 4.42. The molecule has 1 aliphatic rings. The van der Waals surface area contributed by atoms with Crippen LogP contribution in [0.5, 0.6) is 0 Å². The first-order valence-electron chi connectivity index (χ1n) is 8.80. The number of benzene rings is 2. The summed E-state index contributed by atoms with van der Waals surface area (Å²) < 4.78 is 11.0. The highest BCUT2D eigenvalue weighted by atomic mass is 32.1. The van der Waals surface area contributed by atoms with Crippen LogP contribution in [0.25, 0.3) is 0 Å². The molecule has 27 heavy (non-hydrogen) atoms. The van der Waals surface area contributed by atoms with Gasteiger partial charge in [-0.05, 0) is 30.2 Å². The summed E-state index contributed by atoms with van der Waals surface area (Å²) in [5, 5.41) is 0. The summed E-state index contributed by atoms with van der Waals surface area (Å²) in [4.78, 5) is 27.5. The molecule has 2 atom stereocenters. The van der Waals surface area contributed by atoms with Crippen LogP contribution in [-0.4, -0.2) is 27.9 Å². The Kier molecular flexibility index (Phi) is 6.19. The Hall–Kier alpha value is -2.73. The van der Waals surface area contributed by atoms with Gasteiger partial charge in [0.1, 0.15) is 12.6 Å². The van der Waals surface area contributed by atoms with E-state index in [-0.39, 0.29) is 6.61 Å². The zero-order chi connectivity index (χ0) is 19.2. The molecule has 0 aromatic heterocycles. The zero-order valence-corrected chi connectivity index (χ0v) is 15.9. The number of carbonyl (C=O) groups excluding carboxylic acids is 2. The first-order valence-corrected chi connectivity index (χ1v) is 9.21. The van der Waals surface area contributed by atoms with Crippen molar-refractivity contribution in [2.24, 2.45) is 0 Å².